The lowest BCUT2D eigenvalue weighted by atomic mass is 9.99. The number of carbonyl (C=O) groups is 1. The van der Waals surface area contributed by atoms with Crippen molar-refractivity contribution >= 4 is 18.2 Å². The molecule has 208 valence electrons. The summed E-state index contributed by atoms with van der Waals surface area (Å²) >= 11 is 0. The largest absolute Gasteiger partial charge is 0.483 e. The molecule has 1 saturated heterocycles. The van der Waals surface area contributed by atoms with Crippen LogP contribution < -0.4 is 15.4 Å². The molecule has 5 rings (SSSR count). The number of hydrogen-bond donors (Lipinski definition) is 2. The quantitative estimate of drug-likeness (QED) is 0.288. The average Bonchev–Trinajstić information content (AvgIpc) is 3.47. The zero-order valence-electron chi connectivity index (χ0n) is 21.6. The molecule has 4 heterocycles. The molecule has 0 amide bonds. The van der Waals surface area contributed by atoms with Gasteiger partial charge in [-0.3, -0.25) is 9.78 Å². The Morgan fingerprint density at radius 1 is 1.02 bits per heavy atom. The van der Waals surface area contributed by atoms with Gasteiger partial charge in [0.25, 0.3) is 12.9 Å². The van der Waals surface area contributed by atoms with Crippen LogP contribution in [0.4, 0.5) is 24.9 Å². The van der Waals surface area contributed by atoms with Crippen LogP contribution in [-0.2, 0) is 11.4 Å². The highest BCUT2D eigenvalue weighted by Crippen LogP contribution is 2.39. The molecule has 4 aromatic rings. The fraction of sp³-hybridized carbons (Fsp3) is 0.250. The van der Waals surface area contributed by atoms with Gasteiger partial charge < -0.3 is 20.5 Å². The summed E-state index contributed by atoms with van der Waals surface area (Å²) in [5.41, 5.74) is 8.29. The van der Waals surface area contributed by atoms with Gasteiger partial charge >= 0.3 is 0 Å². The molecule has 0 unspecified atom stereocenters. The third-order valence-corrected chi connectivity index (χ3v) is 6.08. The van der Waals surface area contributed by atoms with Gasteiger partial charge in [-0.2, -0.15) is 4.98 Å². The Kier molecular flexibility index (Phi) is 9.10. The van der Waals surface area contributed by atoms with Crippen LogP contribution in [0.3, 0.4) is 0 Å². The van der Waals surface area contributed by atoms with Crippen LogP contribution in [-0.4, -0.2) is 44.6 Å². The molecule has 40 heavy (non-hydrogen) atoms. The number of rotatable bonds is 7. The summed E-state index contributed by atoms with van der Waals surface area (Å²) in [6.45, 7) is 3.36. The lowest BCUT2D eigenvalue weighted by Crippen LogP contribution is -2.19. The Morgan fingerprint density at radius 3 is 2.40 bits per heavy atom. The Hall–Kier alpha value is -4.74. The Morgan fingerprint density at radius 2 is 1.73 bits per heavy atom. The van der Waals surface area contributed by atoms with Gasteiger partial charge in [-0.05, 0) is 73.9 Å². The lowest BCUT2D eigenvalue weighted by Gasteiger charge is -2.18. The van der Waals surface area contributed by atoms with Crippen molar-refractivity contribution in [1.82, 2.24) is 19.9 Å². The predicted octanol–water partition coefficient (Wildman–Crippen LogP) is 5.45. The molecule has 3 N–H and O–H groups in total. The topological polar surface area (TPSA) is 127 Å². The van der Waals surface area contributed by atoms with Crippen LogP contribution in [0, 0.1) is 12.7 Å². The van der Waals surface area contributed by atoms with E-state index in [9.17, 15) is 13.2 Å². The lowest BCUT2D eigenvalue weighted by molar-refractivity contribution is -0.122. The summed E-state index contributed by atoms with van der Waals surface area (Å²) in [5, 5.41) is 6.89. The third-order valence-electron chi connectivity index (χ3n) is 6.08. The van der Waals surface area contributed by atoms with Gasteiger partial charge in [0.15, 0.2) is 0 Å². The van der Waals surface area contributed by atoms with Crippen LogP contribution in [0.1, 0.15) is 36.3 Å². The number of nitrogens with two attached hydrogens (primary N) is 1. The SMILES string of the molecule is Cc1cc(-c2c(OCc3cccc(N4CCCC4)n3)nc(N)nc2-c2ccc(F)cc2)cc(C(F)F)n1.O=CO. The molecule has 0 aliphatic carbocycles. The first kappa shape index (κ1) is 28.3. The number of aromatic nitrogens is 4. The molecule has 3 aromatic heterocycles. The van der Waals surface area contributed by atoms with E-state index in [4.69, 9.17) is 25.4 Å². The van der Waals surface area contributed by atoms with Gasteiger partial charge in [0.05, 0.1) is 17.0 Å². The van der Waals surface area contributed by atoms with E-state index in [2.05, 4.69) is 19.9 Å². The number of pyridine rings is 2. The minimum Gasteiger partial charge on any atom is -0.483 e. The van der Waals surface area contributed by atoms with E-state index in [1.54, 1.807) is 13.0 Å². The molecule has 1 fully saturated rings. The van der Waals surface area contributed by atoms with Crippen LogP contribution in [0.25, 0.3) is 22.4 Å². The highest BCUT2D eigenvalue weighted by atomic mass is 19.3. The fourth-order valence-electron chi connectivity index (χ4n) is 4.40. The third kappa shape index (κ3) is 6.82. The summed E-state index contributed by atoms with van der Waals surface area (Å²) in [6.07, 6.45) is -0.515. The number of nitrogen functional groups attached to an aromatic ring is 1. The molecular weight excluding hydrogens is 525 g/mol. The summed E-state index contributed by atoms with van der Waals surface area (Å²) in [4.78, 5) is 27.9. The summed E-state index contributed by atoms with van der Waals surface area (Å²) in [6, 6.07) is 14.3. The van der Waals surface area contributed by atoms with E-state index in [1.165, 1.54) is 30.3 Å². The van der Waals surface area contributed by atoms with Gasteiger partial charge in [0, 0.05) is 24.3 Å². The first-order chi connectivity index (χ1) is 19.3. The first-order valence-electron chi connectivity index (χ1n) is 12.4. The summed E-state index contributed by atoms with van der Waals surface area (Å²) in [7, 11) is 0. The second-order valence-electron chi connectivity index (χ2n) is 8.92. The van der Waals surface area contributed by atoms with Crippen LogP contribution in [0.15, 0.2) is 54.6 Å². The van der Waals surface area contributed by atoms with Crippen molar-refractivity contribution < 1.29 is 27.8 Å². The highest BCUT2D eigenvalue weighted by Gasteiger charge is 2.22. The Labute approximate surface area is 228 Å². The van der Waals surface area contributed by atoms with Gasteiger partial charge in [-0.25, -0.2) is 23.1 Å². The molecule has 9 nitrogen and oxygen atoms in total. The second kappa shape index (κ2) is 12.9. The zero-order valence-corrected chi connectivity index (χ0v) is 21.6. The maximum atomic E-state index is 13.6. The van der Waals surface area contributed by atoms with Gasteiger partial charge in [-0.1, -0.05) is 6.07 Å². The maximum Gasteiger partial charge on any atom is 0.290 e. The molecule has 0 bridgehead atoms. The highest BCUT2D eigenvalue weighted by molar-refractivity contribution is 5.85. The number of carboxylic acid groups (broad SMARTS) is 1. The van der Waals surface area contributed by atoms with Crippen molar-refractivity contribution in [2.75, 3.05) is 23.7 Å². The molecule has 0 spiro atoms. The van der Waals surface area contributed by atoms with E-state index in [1.807, 2.05) is 18.2 Å². The number of benzene rings is 1. The standard InChI is InChI=1S/C27H25F3N6O.CH2O2/c1-16-13-18(14-21(32-16)25(29)30)23-24(17-7-9-19(28)10-8-17)34-27(31)35-26(23)37-15-20-5-4-6-22(33-20)36-11-2-3-12-36;2-1-3/h4-10,13-14,25H,2-3,11-12,15H2,1H3,(H2,31,34,35);1H,(H,2,3). The molecule has 0 radical (unpaired) electrons. The first-order valence-corrected chi connectivity index (χ1v) is 12.4. The molecule has 0 atom stereocenters. The van der Waals surface area contributed by atoms with Crippen molar-refractivity contribution in [3.05, 3.63) is 77.5 Å². The summed E-state index contributed by atoms with van der Waals surface area (Å²) < 4.78 is 47.0. The van der Waals surface area contributed by atoms with Gasteiger partial charge in [-0.15, -0.1) is 0 Å². The predicted molar refractivity (Wildman–Crippen MR) is 143 cm³/mol. The van der Waals surface area contributed by atoms with Crippen molar-refractivity contribution in [2.45, 2.75) is 32.8 Å². The van der Waals surface area contributed by atoms with E-state index in [0.29, 0.717) is 33.8 Å². The number of anilines is 2. The van der Waals surface area contributed by atoms with E-state index < -0.39 is 12.2 Å². The fourth-order valence-corrected chi connectivity index (χ4v) is 4.40. The van der Waals surface area contributed by atoms with E-state index >= 15 is 0 Å². The van der Waals surface area contributed by atoms with E-state index in [0.717, 1.165) is 31.7 Å². The minimum absolute atomic E-state index is 0.0692. The van der Waals surface area contributed by atoms with Crippen LogP contribution >= 0.6 is 0 Å². The molecule has 12 heteroatoms. The normalized spacial score (nSPS) is 12.7. The summed E-state index contributed by atoms with van der Waals surface area (Å²) in [5.74, 6) is 0.481. The number of nitrogens with zero attached hydrogens (tertiary/aromatic N) is 5. The number of alkyl halides is 2. The van der Waals surface area contributed by atoms with Crippen LogP contribution in [0.5, 0.6) is 5.88 Å². The maximum absolute atomic E-state index is 13.6. The number of ether oxygens (including phenoxy) is 1. The molecule has 1 aliphatic heterocycles. The van der Waals surface area contributed by atoms with Gasteiger partial charge in [0.1, 0.15) is 23.9 Å². The second-order valence-corrected chi connectivity index (χ2v) is 8.92. The number of aryl methyl sites for hydroxylation is 1. The minimum atomic E-state index is -2.77. The number of hydrogen-bond acceptors (Lipinski definition) is 8. The average molecular weight is 553 g/mol. The van der Waals surface area contributed by atoms with Crippen molar-refractivity contribution in [2.24, 2.45) is 0 Å². The van der Waals surface area contributed by atoms with E-state index in [-0.39, 0.29) is 30.6 Å². The van der Waals surface area contributed by atoms with Crippen molar-refractivity contribution in [3.63, 3.8) is 0 Å². The Bertz CT molecular complexity index is 1460. The molecule has 1 aromatic carbocycles. The van der Waals surface area contributed by atoms with Gasteiger partial charge in [0.2, 0.25) is 11.8 Å². The van der Waals surface area contributed by atoms with Crippen LogP contribution in [0.2, 0.25) is 0 Å². The van der Waals surface area contributed by atoms with Crippen molar-refractivity contribution in [3.8, 4) is 28.3 Å². The Balaban J connectivity index is 0.00000118. The number of halogens is 3. The molecule has 1 aliphatic rings. The zero-order chi connectivity index (χ0) is 28.6. The molecular formula is C28H27F3N6O3. The monoisotopic (exact) mass is 552 g/mol. The smallest absolute Gasteiger partial charge is 0.290 e. The molecule has 0 saturated carbocycles. The van der Waals surface area contributed by atoms with Crippen molar-refractivity contribution in [1.29, 1.82) is 0 Å².